The quantitative estimate of drug-likeness (QED) is 0.524. The van der Waals surface area contributed by atoms with Gasteiger partial charge in [-0.1, -0.05) is 25.5 Å². The van der Waals surface area contributed by atoms with Crippen LogP contribution in [0.15, 0.2) is 42.5 Å². The molecule has 0 bridgehead atoms. The minimum atomic E-state index is -1.70. The third-order valence-electron chi connectivity index (χ3n) is 6.26. The number of benzene rings is 2. The van der Waals surface area contributed by atoms with E-state index in [0.717, 1.165) is 18.0 Å². The molecule has 3 rings (SSSR count). The summed E-state index contributed by atoms with van der Waals surface area (Å²) in [5.41, 5.74) is 0.595. The Kier molecular flexibility index (Phi) is 9.72. The number of amides is 2. The van der Waals surface area contributed by atoms with Crippen molar-refractivity contribution < 1.29 is 23.1 Å². The van der Waals surface area contributed by atoms with Gasteiger partial charge in [0.15, 0.2) is 0 Å². The van der Waals surface area contributed by atoms with E-state index in [4.69, 9.17) is 9.16 Å². The highest BCUT2D eigenvalue weighted by atomic mass is 28.3. The predicted molar refractivity (Wildman–Crippen MR) is 145 cm³/mol. The maximum atomic E-state index is 14.5. The van der Waals surface area contributed by atoms with Crippen molar-refractivity contribution in [1.82, 2.24) is 15.1 Å². The van der Waals surface area contributed by atoms with E-state index in [1.54, 1.807) is 50.4 Å². The molecular weight excluding hydrogens is 489 g/mol. The minimum absolute atomic E-state index is 0.0402. The zero-order chi connectivity index (χ0) is 27.2. The third kappa shape index (κ3) is 8.03. The first-order valence-corrected chi connectivity index (χ1v) is 14.5. The van der Waals surface area contributed by atoms with E-state index in [-0.39, 0.29) is 23.9 Å². The number of aryl methyl sites for hydroxylation is 1. The Balaban J connectivity index is 1.79. The molecule has 0 unspecified atom stereocenters. The first-order valence-electron chi connectivity index (χ1n) is 12.8. The Bertz CT molecular complexity index is 1070. The summed E-state index contributed by atoms with van der Waals surface area (Å²) in [5.74, 6) is 0.222. The van der Waals surface area contributed by atoms with E-state index in [1.165, 1.54) is 0 Å². The van der Waals surface area contributed by atoms with Crippen LogP contribution in [0.3, 0.4) is 0 Å². The van der Waals surface area contributed by atoms with Gasteiger partial charge in [-0.3, -0.25) is 9.69 Å². The van der Waals surface area contributed by atoms with E-state index in [0.29, 0.717) is 42.7 Å². The number of hydrogen-bond donors (Lipinski definition) is 1. The summed E-state index contributed by atoms with van der Waals surface area (Å²) in [6.45, 7) is 11.4. The van der Waals surface area contributed by atoms with Crippen molar-refractivity contribution in [2.24, 2.45) is 0 Å². The topological polar surface area (TPSA) is 71.1 Å². The van der Waals surface area contributed by atoms with Crippen molar-refractivity contribution in [2.75, 3.05) is 32.8 Å². The summed E-state index contributed by atoms with van der Waals surface area (Å²) in [6.07, 6.45) is 2.18. The average Bonchev–Trinajstić information content (AvgIpc) is 2.84. The molecule has 1 saturated heterocycles. The SMILES string of the molecule is CCC[C@H]1CN(C[Si](Oc2ccc(C(=O)NC)cc2)c2ccc(C)c(F)c2)CCN1C(=O)OC(C)(C)C. The molecule has 2 aromatic rings. The van der Waals surface area contributed by atoms with E-state index in [2.05, 4.69) is 17.1 Å². The Morgan fingerprint density at radius 2 is 1.84 bits per heavy atom. The normalized spacial score (nSPS) is 16.5. The fourth-order valence-electron chi connectivity index (χ4n) is 4.32. The summed E-state index contributed by atoms with van der Waals surface area (Å²) in [7, 11) is -0.111. The van der Waals surface area contributed by atoms with E-state index >= 15 is 0 Å². The van der Waals surface area contributed by atoms with Gasteiger partial charge < -0.3 is 19.4 Å². The Morgan fingerprint density at radius 1 is 1.14 bits per heavy atom. The first kappa shape index (κ1) is 28.7. The van der Waals surface area contributed by atoms with Crippen LogP contribution in [0.5, 0.6) is 5.75 Å². The summed E-state index contributed by atoms with van der Waals surface area (Å²) in [6, 6.07) is 12.3. The molecule has 201 valence electrons. The second-order valence-corrected chi connectivity index (χ2v) is 12.4. The molecule has 1 atom stereocenters. The number of carbonyl (C=O) groups excluding carboxylic acids is 2. The largest absolute Gasteiger partial charge is 0.536 e. The van der Waals surface area contributed by atoms with Crippen molar-refractivity contribution in [3.63, 3.8) is 0 Å². The molecule has 0 spiro atoms. The van der Waals surface area contributed by atoms with Gasteiger partial charge in [-0.25, -0.2) is 9.18 Å². The monoisotopic (exact) mass is 528 g/mol. The first-order chi connectivity index (χ1) is 17.5. The summed E-state index contributed by atoms with van der Waals surface area (Å²) < 4.78 is 26.6. The lowest BCUT2D eigenvalue weighted by Crippen LogP contribution is -2.59. The number of halogens is 1. The van der Waals surface area contributed by atoms with Crippen LogP contribution in [-0.4, -0.2) is 75.3 Å². The maximum Gasteiger partial charge on any atom is 0.410 e. The molecule has 2 aromatic carbocycles. The molecule has 1 N–H and O–H groups in total. The molecule has 9 heteroatoms. The van der Waals surface area contributed by atoms with Crippen LogP contribution in [-0.2, 0) is 4.74 Å². The van der Waals surface area contributed by atoms with Crippen LogP contribution in [0.4, 0.5) is 9.18 Å². The van der Waals surface area contributed by atoms with Crippen LogP contribution in [0.25, 0.3) is 0 Å². The van der Waals surface area contributed by atoms with Gasteiger partial charge in [0.2, 0.25) is 0 Å². The molecule has 0 saturated carbocycles. The zero-order valence-electron chi connectivity index (χ0n) is 22.8. The summed E-state index contributed by atoms with van der Waals surface area (Å²) >= 11 is 0. The summed E-state index contributed by atoms with van der Waals surface area (Å²) in [4.78, 5) is 28.9. The van der Waals surface area contributed by atoms with Gasteiger partial charge in [0.25, 0.3) is 5.91 Å². The lowest BCUT2D eigenvalue weighted by Gasteiger charge is -2.42. The highest BCUT2D eigenvalue weighted by Crippen LogP contribution is 2.20. The molecule has 0 aliphatic carbocycles. The zero-order valence-corrected chi connectivity index (χ0v) is 23.8. The third-order valence-corrected chi connectivity index (χ3v) is 8.43. The molecule has 1 aliphatic rings. The van der Waals surface area contributed by atoms with Crippen molar-refractivity contribution in [3.05, 3.63) is 59.4 Å². The molecule has 2 amide bonds. The standard InChI is InChI=1S/C28H39FN3O4Si/c1-7-8-22-18-31(15-16-32(22)27(34)35-28(3,4)5)19-37(24-14-9-20(2)25(29)17-24)36-23-12-10-21(11-13-23)26(33)30-6/h9-14,17,22H,7-8,15-16,18-19H2,1-6H3,(H,30,33)/t22-/m0/s1. The maximum absolute atomic E-state index is 14.5. The number of carbonyl (C=O) groups is 2. The van der Waals surface area contributed by atoms with Gasteiger partial charge >= 0.3 is 15.1 Å². The van der Waals surface area contributed by atoms with Crippen LogP contribution < -0.4 is 14.9 Å². The minimum Gasteiger partial charge on any atom is -0.536 e. The lowest BCUT2D eigenvalue weighted by atomic mass is 10.1. The number of hydrogen-bond acceptors (Lipinski definition) is 5. The second-order valence-electron chi connectivity index (χ2n) is 10.4. The molecule has 37 heavy (non-hydrogen) atoms. The van der Waals surface area contributed by atoms with Gasteiger partial charge in [-0.05, 0) is 75.2 Å². The number of nitrogens with one attached hydrogen (secondary N) is 1. The fraction of sp³-hybridized carbons (Fsp3) is 0.500. The Hall–Kier alpha value is -2.91. The van der Waals surface area contributed by atoms with E-state index < -0.39 is 14.6 Å². The smallest absolute Gasteiger partial charge is 0.410 e. The van der Waals surface area contributed by atoms with Gasteiger partial charge in [0.05, 0.1) is 0 Å². The van der Waals surface area contributed by atoms with Crippen molar-refractivity contribution in [2.45, 2.75) is 59.1 Å². The molecule has 7 nitrogen and oxygen atoms in total. The van der Waals surface area contributed by atoms with E-state index in [1.807, 2.05) is 31.7 Å². The lowest BCUT2D eigenvalue weighted by molar-refractivity contribution is -0.000977. The van der Waals surface area contributed by atoms with Crippen LogP contribution >= 0.6 is 0 Å². The molecule has 1 aliphatic heterocycles. The van der Waals surface area contributed by atoms with Crippen molar-refractivity contribution in [1.29, 1.82) is 0 Å². The van der Waals surface area contributed by atoms with Crippen LogP contribution in [0.1, 0.15) is 56.5 Å². The molecule has 1 radical (unpaired) electrons. The van der Waals surface area contributed by atoms with Gasteiger partial charge in [-0.15, -0.1) is 0 Å². The van der Waals surface area contributed by atoms with Crippen LogP contribution in [0, 0.1) is 12.7 Å². The molecular formula is C28H39FN3O4Si. The Morgan fingerprint density at radius 3 is 2.43 bits per heavy atom. The number of rotatable bonds is 8. The summed E-state index contributed by atoms with van der Waals surface area (Å²) in [5, 5.41) is 3.45. The number of piperazine rings is 1. The molecule has 1 heterocycles. The van der Waals surface area contributed by atoms with Crippen molar-refractivity contribution >= 4 is 26.2 Å². The molecule has 0 aromatic heterocycles. The number of ether oxygens (including phenoxy) is 1. The fourth-order valence-corrected chi connectivity index (χ4v) is 6.35. The van der Waals surface area contributed by atoms with Crippen LogP contribution in [0.2, 0.25) is 0 Å². The van der Waals surface area contributed by atoms with Gasteiger partial charge in [0.1, 0.15) is 17.2 Å². The van der Waals surface area contributed by atoms with Gasteiger partial charge in [-0.2, -0.15) is 0 Å². The predicted octanol–water partition coefficient (Wildman–Crippen LogP) is 4.03. The Labute approximate surface area is 221 Å². The van der Waals surface area contributed by atoms with E-state index in [9.17, 15) is 14.0 Å². The highest BCUT2D eigenvalue weighted by Gasteiger charge is 2.35. The highest BCUT2D eigenvalue weighted by molar-refractivity contribution is 6.68. The second kappa shape index (κ2) is 12.6. The molecule has 1 fully saturated rings. The average molecular weight is 529 g/mol. The van der Waals surface area contributed by atoms with Gasteiger partial charge in [0, 0.05) is 44.5 Å². The number of nitrogens with zero attached hydrogens (tertiary/aromatic N) is 2. The van der Waals surface area contributed by atoms with Crippen molar-refractivity contribution in [3.8, 4) is 5.75 Å².